The highest BCUT2D eigenvalue weighted by Crippen LogP contribution is 2.29. The van der Waals surface area contributed by atoms with Crippen LogP contribution in [-0.4, -0.2) is 22.0 Å². The Morgan fingerprint density at radius 1 is 1.33 bits per heavy atom. The van der Waals surface area contributed by atoms with Crippen molar-refractivity contribution in [1.29, 1.82) is 0 Å². The number of rotatable bonds is 7. The van der Waals surface area contributed by atoms with E-state index in [9.17, 15) is 20.0 Å². The van der Waals surface area contributed by atoms with Gasteiger partial charge in [-0.15, -0.1) is 0 Å². The lowest BCUT2D eigenvalue weighted by Crippen LogP contribution is -2.32. The highest BCUT2D eigenvalue weighted by Gasteiger charge is 2.21. The van der Waals surface area contributed by atoms with E-state index in [1.165, 1.54) is 12.1 Å². The minimum atomic E-state index is -0.710. The molecule has 1 atom stereocenters. The lowest BCUT2D eigenvalue weighted by molar-refractivity contribution is -0.385. The summed E-state index contributed by atoms with van der Waals surface area (Å²) in [6.07, 6.45) is 2.92. The van der Waals surface area contributed by atoms with Crippen molar-refractivity contribution in [1.82, 2.24) is 5.32 Å². The van der Waals surface area contributed by atoms with Gasteiger partial charge in [-0.25, -0.2) is 0 Å². The zero-order valence-corrected chi connectivity index (χ0v) is 12.6. The number of aromatic hydroxyl groups is 1. The maximum absolute atomic E-state index is 12.1. The number of nitro groups is 1. The molecule has 0 saturated heterocycles. The predicted molar refractivity (Wildman–Crippen MR) is 80.4 cm³/mol. The van der Waals surface area contributed by atoms with Crippen LogP contribution in [-0.2, 0) is 0 Å². The minimum Gasteiger partial charge on any atom is -0.502 e. The van der Waals surface area contributed by atoms with Crippen LogP contribution in [0.5, 0.6) is 5.75 Å². The zero-order chi connectivity index (χ0) is 16.0. The van der Waals surface area contributed by atoms with Crippen molar-refractivity contribution in [2.24, 2.45) is 5.92 Å². The molecule has 0 saturated carbocycles. The number of nitrogens with zero attached hydrogens (tertiary/aromatic N) is 1. The summed E-state index contributed by atoms with van der Waals surface area (Å²) in [5.74, 6) is -0.462. The highest BCUT2D eigenvalue weighted by atomic mass is 16.6. The second-order valence-corrected chi connectivity index (χ2v) is 5.63. The molecular weight excluding hydrogens is 272 g/mol. The maximum atomic E-state index is 12.1. The Bertz CT molecular complexity index is 514. The first kappa shape index (κ1) is 16.9. The maximum Gasteiger partial charge on any atom is 0.311 e. The molecule has 0 aliphatic rings. The van der Waals surface area contributed by atoms with Crippen LogP contribution in [0.15, 0.2) is 18.2 Å². The van der Waals surface area contributed by atoms with Crippen molar-refractivity contribution >= 4 is 11.6 Å². The topological polar surface area (TPSA) is 92.5 Å². The fourth-order valence-electron chi connectivity index (χ4n) is 2.07. The number of carbonyl (C=O) groups excluding carboxylic acids is 1. The van der Waals surface area contributed by atoms with Gasteiger partial charge in [-0.2, -0.15) is 0 Å². The van der Waals surface area contributed by atoms with E-state index in [1.54, 1.807) is 0 Å². The van der Waals surface area contributed by atoms with Gasteiger partial charge in [0.1, 0.15) is 0 Å². The molecule has 0 radical (unpaired) electrons. The first-order chi connectivity index (χ1) is 9.82. The van der Waals surface area contributed by atoms with Crippen LogP contribution >= 0.6 is 0 Å². The van der Waals surface area contributed by atoms with Crippen molar-refractivity contribution in [3.8, 4) is 5.75 Å². The summed E-state index contributed by atoms with van der Waals surface area (Å²) in [5, 5.41) is 23.3. The third-order valence-corrected chi connectivity index (χ3v) is 3.25. The first-order valence-corrected chi connectivity index (χ1v) is 7.10. The summed E-state index contributed by atoms with van der Waals surface area (Å²) >= 11 is 0. The summed E-state index contributed by atoms with van der Waals surface area (Å²) in [4.78, 5) is 22.1. The first-order valence-electron chi connectivity index (χ1n) is 7.10. The van der Waals surface area contributed by atoms with Crippen LogP contribution in [0.4, 0.5) is 5.69 Å². The molecule has 0 aliphatic heterocycles. The smallest absolute Gasteiger partial charge is 0.311 e. The number of para-hydroxylation sites is 1. The summed E-state index contributed by atoms with van der Waals surface area (Å²) in [6.45, 7) is 6.17. The Balaban J connectivity index is 2.67. The van der Waals surface area contributed by atoms with Gasteiger partial charge >= 0.3 is 5.69 Å². The highest BCUT2D eigenvalue weighted by molar-refractivity contribution is 5.98. The molecule has 1 unspecified atom stereocenters. The van der Waals surface area contributed by atoms with E-state index < -0.39 is 22.3 Å². The van der Waals surface area contributed by atoms with E-state index in [4.69, 9.17) is 0 Å². The minimum absolute atomic E-state index is 0.0464. The molecule has 2 N–H and O–H groups in total. The van der Waals surface area contributed by atoms with E-state index in [-0.39, 0.29) is 11.6 Å². The molecule has 6 heteroatoms. The Labute approximate surface area is 124 Å². The number of hydrogen-bond donors (Lipinski definition) is 2. The molecule has 0 aliphatic carbocycles. The van der Waals surface area contributed by atoms with Gasteiger partial charge in [0.25, 0.3) is 5.91 Å². The molecular formula is C15H22N2O4. The Morgan fingerprint density at radius 3 is 2.57 bits per heavy atom. The lowest BCUT2D eigenvalue weighted by atomic mass is 10.0. The molecule has 0 fully saturated rings. The van der Waals surface area contributed by atoms with Crippen LogP contribution in [0.3, 0.4) is 0 Å². The van der Waals surface area contributed by atoms with Gasteiger partial charge in [0, 0.05) is 12.1 Å². The number of phenols is 1. The van der Waals surface area contributed by atoms with E-state index in [1.807, 2.05) is 6.92 Å². The monoisotopic (exact) mass is 294 g/mol. The molecule has 0 bridgehead atoms. The average molecular weight is 294 g/mol. The van der Waals surface area contributed by atoms with Gasteiger partial charge in [0.2, 0.25) is 5.75 Å². The summed E-state index contributed by atoms with van der Waals surface area (Å²) in [7, 11) is 0. The molecule has 1 rings (SSSR count). The normalized spacial score (nSPS) is 12.2. The Morgan fingerprint density at radius 2 is 2.00 bits per heavy atom. The molecule has 116 valence electrons. The fraction of sp³-hybridized carbons (Fsp3) is 0.533. The SMILES string of the molecule is CC(C)CCCC(C)NC(=O)c1cccc([N+](=O)[O-])c1O. The second-order valence-electron chi connectivity index (χ2n) is 5.63. The Hall–Kier alpha value is -2.11. The molecule has 21 heavy (non-hydrogen) atoms. The van der Waals surface area contributed by atoms with Gasteiger partial charge in [-0.05, 0) is 25.3 Å². The third-order valence-electron chi connectivity index (χ3n) is 3.25. The lowest BCUT2D eigenvalue weighted by Gasteiger charge is -2.15. The van der Waals surface area contributed by atoms with E-state index in [0.717, 1.165) is 25.3 Å². The number of hydrogen-bond acceptors (Lipinski definition) is 4. The average Bonchev–Trinajstić information content (AvgIpc) is 2.37. The molecule has 1 aromatic carbocycles. The summed E-state index contributed by atoms with van der Waals surface area (Å²) in [5.41, 5.74) is -0.532. The fourth-order valence-corrected chi connectivity index (χ4v) is 2.07. The zero-order valence-electron chi connectivity index (χ0n) is 12.6. The number of phenolic OH excluding ortho intramolecular Hbond substituents is 1. The summed E-state index contributed by atoms with van der Waals surface area (Å²) in [6, 6.07) is 3.88. The van der Waals surface area contributed by atoms with Gasteiger partial charge in [0.05, 0.1) is 10.5 Å². The molecule has 0 heterocycles. The number of amides is 1. The van der Waals surface area contributed by atoms with E-state index in [0.29, 0.717) is 5.92 Å². The van der Waals surface area contributed by atoms with Crippen molar-refractivity contribution < 1.29 is 14.8 Å². The quantitative estimate of drug-likeness (QED) is 0.596. The molecule has 6 nitrogen and oxygen atoms in total. The predicted octanol–water partition coefficient (Wildman–Crippen LogP) is 3.25. The number of nitro benzene ring substituents is 1. The van der Waals surface area contributed by atoms with E-state index >= 15 is 0 Å². The largest absolute Gasteiger partial charge is 0.502 e. The molecule has 1 amide bonds. The van der Waals surface area contributed by atoms with E-state index in [2.05, 4.69) is 19.2 Å². The van der Waals surface area contributed by atoms with Gasteiger partial charge in [-0.1, -0.05) is 32.8 Å². The van der Waals surface area contributed by atoms with Crippen molar-refractivity contribution in [2.45, 2.75) is 46.1 Å². The van der Waals surface area contributed by atoms with Gasteiger partial charge in [0.15, 0.2) is 0 Å². The molecule has 0 spiro atoms. The molecule has 0 aromatic heterocycles. The summed E-state index contributed by atoms with van der Waals surface area (Å²) < 4.78 is 0. The van der Waals surface area contributed by atoms with Crippen molar-refractivity contribution in [3.05, 3.63) is 33.9 Å². The van der Waals surface area contributed by atoms with Gasteiger partial charge < -0.3 is 10.4 Å². The molecule has 1 aromatic rings. The number of benzene rings is 1. The van der Waals surface area contributed by atoms with Crippen molar-refractivity contribution in [3.63, 3.8) is 0 Å². The van der Waals surface area contributed by atoms with Crippen LogP contribution < -0.4 is 5.32 Å². The van der Waals surface area contributed by atoms with Crippen LogP contribution in [0.25, 0.3) is 0 Å². The number of carbonyl (C=O) groups is 1. The third kappa shape index (κ3) is 5.06. The van der Waals surface area contributed by atoms with Crippen LogP contribution in [0.1, 0.15) is 50.4 Å². The van der Waals surface area contributed by atoms with Gasteiger partial charge in [-0.3, -0.25) is 14.9 Å². The Kier molecular flexibility index (Phi) is 6.14. The standard InChI is InChI=1S/C15H22N2O4/c1-10(2)6-4-7-11(3)16-15(19)12-8-5-9-13(14(12)18)17(20)21/h5,8-11,18H,4,6-7H2,1-3H3,(H,16,19). The number of nitrogens with one attached hydrogen (secondary N) is 1. The van der Waals surface area contributed by atoms with Crippen LogP contribution in [0.2, 0.25) is 0 Å². The van der Waals surface area contributed by atoms with Crippen LogP contribution in [0, 0.1) is 16.0 Å². The second kappa shape index (κ2) is 7.61. The van der Waals surface area contributed by atoms with Crippen molar-refractivity contribution in [2.75, 3.05) is 0 Å².